The molecule has 0 aliphatic rings. The lowest BCUT2D eigenvalue weighted by Gasteiger charge is -2.22. The van der Waals surface area contributed by atoms with E-state index in [1.165, 1.54) is 0 Å². The Labute approximate surface area is 185 Å². The van der Waals surface area contributed by atoms with Gasteiger partial charge in [-0.15, -0.1) is 0 Å². The number of rotatable bonds is 7. The standard InChI is InChI=1S/C23H23Cl2N5/c1-30(11-10-29-23-20-5-3-18(25)13-16(20)7-9-28-23)14-21(26)22-19-4-2-17(24)12-15(19)6-8-27-22/h2-9,12-13,21H,10-11,14,26H2,1H3,(H,28,29). The third-order valence-corrected chi connectivity index (χ3v) is 5.60. The quantitative estimate of drug-likeness (QED) is 0.417. The van der Waals surface area contributed by atoms with Gasteiger partial charge in [0, 0.05) is 52.8 Å². The first kappa shape index (κ1) is 20.8. The fraction of sp³-hybridized carbons (Fsp3) is 0.217. The molecule has 1 atom stereocenters. The Bertz CT molecular complexity index is 1180. The summed E-state index contributed by atoms with van der Waals surface area (Å²) in [7, 11) is 2.06. The Balaban J connectivity index is 1.38. The maximum atomic E-state index is 6.49. The van der Waals surface area contributed by atoms with Crippen molar-refractivity contribution in [2.45, 2.75) is 6.04 Å². The molecule has 4 aromatic rings. The van der Waals surface area contributed by atoms with Crippen LogP contribution < -0.4 is 11.1 Å². The lowest BCUT2D eigenvalue weighted by atomic mass is 10.1. The molecule has 0 aliphatic heterocycles. The Morgan fingerprint density at radius 2 is 1.57 bits per heavy atom. The van der Waals surface area contributed by atoms with Crippen molar-refractivity contribution >= 4 is 50.6 Å². The number of likely N-dealkylation sites (N-methyl/N-ethyl adjacent to an activating group) is 1. The summed E-state index contributed by atoms with van der Waals surface area (Å²) in [6, 6.07) is 15.3. The van der Waals surface area contributed by atoms with Gasteiger partial charge in [0.2, 0.25) is 0 Å². The molecule has 0 fully saturated rings. The number of fused-ring (bicyclic) bond motifs is 2. The van der Waals surface area contributed by atoms with E-state index >= 15 is 0 Å². The molecular formula is C23H23Cl2N5. The van der Waals surface area contributed by atoms with Gasteiger partial charge in [0.1, 0.15) is 5.82 Å². The number of hydrogen-bond donors (Lipinski definition) is 2. The van der Waals surface area contributed by atoms with E-state index in [2.05, 4.69) is 27.2 Å². The molecule has 2 aromatic carbocycles. The Hall–Kier alpha value is -2.44. The second kappa shape index (κ2) is 9.14. The predicted octanol–water partition coefficient (Wildman–Crippen LogP) is 5.13. The number of nitrogens with one attached hydrogen (secondary N) is 1. The number of aromatic nitrogens is 2. The van der Waals surface area contributed by atoms with Gasteiger partial charge in [-0.2, -0.15) is 0 Å². The fourth-order valence-corrected chi connectivity index (χ4v) is 4.00. The monoisotopic (exact) mass is 439 g/mol. The van der Waals surface area contributed by atoms with Crippen LogP contribution in [-0.2, 0) is 0 Å². The van der Waals surface area contributed by atoms with Crippen LogP contribution in [0.3, 0.4) is 0 Å². The maximum Gasteiger partial charge on any atom is 0.133 e. The molecule has 30 heavy (non-hydrogen) atoms. The van der Waals surface area contributed by atoms with Crippen molar-refractivity contribution < 1.29 is 0 Å². The van der Waals surface area contributed by atoms with Crippen LogP contribution in [0.1, 0.15) is 11.7 Å². The second-order valence-corrected chi connectivity index (χ2v) is 8.26. The minimum absolute atomic E-state index is 0.197. The molecule has 4 rings (SSSR count). The van der Waals surface area contributed by atoms with Crippen LogP contribution in [0.25, 0.3) is 21.5 Å². The minimum Gasteiger partial charge on any atom is -0.368 e. The summed E-state index contributed by atoms with van der Waals surface area (Å²) >= 11 is 12.2. The molecule has 0 spiro atoms. The van der Waals surface area contributed by atoms with Crippen LogP contribution in [0.4, 0.5) is 5.82 Å². The summed E-state index contributed by atoms with van der Waals surface area (Å²) in [5.41, 5.74) is 7.37. The first-order valence-electron chi connectivity index (χ1n) is 9.78. The van der Waals surface area contributed by atoms with E-state index in [1.54, 1.807) is 12.4 Å². The molecule has 0 saturated carbocycles. The van der Waals surface area contributed by atoms with Gasteiger partial charge in [-0.25, -0.2) is 4.98 Å². The number of anilines is 1. The van der Waals surface area contributed by atoms with Crippen molar-refractivity contribution in [2.75, 3.05) is 32.0 Å². The lowest BCUT2D eigenvalue weighted by molar-refractivity contribution is 0.322. The van der Waals surface area contributed by atoms with Crippen molar-refractivity contribution in [2.24, 2.45) is 5.73 Å². The predicted molar refractivity (Wildman–Crippen MR) is 126 cm³/mol. The van der Waals surface area contributed by atoms with E-state index in [-0.39, 0.29) is 6.04 Å². The molecule has 1 unspecified atom stereocenters. The van der Waals surface area contributed by atoms with Gasteiger partial charge >= 0.3 is 0 Å². The molecule has 0 amide bonds. The van der Waals surface area contributed by atoms with Gasteiger partial charge in [-0.05, 0) is 60.3 Å². The molecule has 154 valence electrons. The fourth-order valence-electron chi connectivity index (χ4n) is 3.64. The molecular weight excluding hydrogens is 417 g/mol. The number of hydrogen-bond acceptors (Lipinski definition) is 5. The molecule has 2 heterocycles. The number of nitrogens with zero attached hydrogens (tertiary/aromatic N) is 3. The maximum absolute atomic E-state index is 6.49. The Morgan fingerprint density at radius 3 is 2.30 bits per heavy atom. The van der Waals surface area contributed by atoms with Crippen molar-refractivity contribution in [1.82, 2.24) is 14.9 Å². The molecule has 0 bridgehead atoms. The van der Waals surface area contributed by atoms with Crippen LogP contribution in [-0.4, -0.2) is 41.5 Å². The van der Waals surface area contributed by atoms with Gasteiger partial charge in [0.15, 0.2) is 0 Å². The van der Waals surface area contributed by atoms with Crippen LogP contribution >= 0.6 is 23.2 Å². The zero-order valence-corrected chi connectivity index (χ0v) is 18.2. The van der Waals surface area contributed by atoms with Gasteiger partial charge in [0.25, 0.3) is 0 Å². The molecule has 3 N–H and O–H groups in total. The Kier molecular flexibility index (Phi) is 6.35. The second-order valence-electron chi connectivity index (χ2n) is 7.38. The first-order chi connectivity index (χ1) is 14.5. The smallest absolute Gasteiger partial charge is 0.133 e. The number of benzene rings is 2. The van der Waals surface area contributed by atoms with Crippen LogP contribution in [0.15, 0.2) is 60.9 Å². The van der Waals surface area contributed by atoms with Crippen molar-refractivity contribution in [3.63, 3.8) is 0 Å². The average Bonchev–Trinajstić information content (AvgIpc) is 2.72. The Morgan fingerprint density at radius 1 is 0.933 bits per heavy atom. The van der Waals surface area contributed by atoms with E-state index in [1.807, 2.05) is 48.5 Å². The van der Waals surface area contributed by atoms with E-state index in [0.717, 1.165) is 51.2 Å². The van der Waals surface area contributed by atoms with Crippen LogP contribution in [0.5, 0.6) is 0 Å². The summed E-state index contributed by atoms with van der Waals surface area (Å²) in [5.74, 6) is 0.856. The highest BCUT2D eigenvalue weighted by atomic mass is 35.5. The summed E-state index contributed by atoms with van der Waals surface area (Å²) in [6.07, 6.45) is 3.58. The number of nitrogens with two attached hydrogens (primary N) is 1. The average molecular weight is 440 g/mol. The largest absolute Gasteiger partial charge is 0.368 e. The van der Waals surface area contributed by atoms with Gasteiger partial charge < -0.3 is 16.0 Å². The van der Waals surface area contributed by atoms with E-state index in [9.17, 15) is 0 Å². The molecule has 5 nitrogen and oxygen atoms in total. The van der Waals surface area contributed by atoms with E-state index in [0.29, 0.717) is 11.6 Å². The van der Waals surface area contributed by atoms with E-state index in [4.69, 9.17) is 28.9 Å². The third kappa shape index (κ3) is 4.65. The number of pyridine rings is 2. The normalized spacial score (nSPS) is 12.6. The van der Waals surface area contributed by atoms with Gasteiger partial charge in [-0.1, -0.05) is 29.3 Å². The lowest BCUT2D eigenvalue weighted by Crippen LogP contribution is -2.33. The summed E-state index contributed by atoms with van der Waals surface area (Å²) < 4.78 is 0. The molecule has 2 aromatic heterocycles. The zero-order chi connectivity index (χ0) is 21.1. The highest BCUT2D eigenvalue weighted by Gasteiger charge is 2.14. The third-order valence-electron chi connectivity index (χ3n) is 5.13. The minimum atomic E-state index is -0.197. The van der Waals surface area contributed by atoms with Gasteiger partial charge in [-0.3, -0.25) is 4.98 Å². The summed E-state index contributed by atoms with van der Waals surface area (Å²) in [5, 5.41) is 9.06. The highest BCUT2D eigenvalue weighted by Crippen LogP contribution is 2.25. The molecule has 7 heteroatoms. The molecule has 0 radical (unpaired) electrons. The van der Waals surface area contributed by atoms with Crippen molar-refractivity contribution in [1.29, 1.82) is 0 Å². The zero-order valence-electron chi connectivity index (χ0n) is 16.6. The van der Waals surface area contributed by atoms with Gasteiger partial charge in [0.05, 0.1) is 11.7 Å². The summed E-state index contributed by atoms with van der Waals surface area (Å²) in [6.45, 7) is 2.25. The molecule has 0 saturated heterocycles. The number of halogens is 2. The first-order valence-corrected chi connectivity index (χ1v) is 10.5. The topological polar surface area (TPSA) is 67.1 Å². The highest BCUT2D eigenvalue weighted by molar-refractivity contribution is 6.31. The van der Waals surface area contributed by atoms with E-state index < -0.39 is 0 Å². The SMILES string of the molecule is CN(CCNc1nccc2cc(Cl)ccc12)CC(N)c1nccc2cc(Cl)ccc12. The summed E-state index contributed by atoms with van der Waals surface area (Å²) in [4.78, 5) is 11.2. The van der Waals surface area contributed by atoms with Crippen molar-refractivity contribution in [3.05, 3.63) is 76.7 Å². The van der Waals surface area contributed by atoms with Crippen molar-refractivity contribution in [3.8, 4) is 0 Å². The van der Waals surface area contributed by atoms with Crippen LogP contribution in [0, 0.1) is 0 Å². The van der Waals surface area contributed by atoms with Crippen LogP contribution in [0.2, 0.25) is 10.0 Å². The molecule has 0 aliphatic carbocycles.